The SMILES string of the molecule is CN=CC1[Si](Cl)(Cl)C(C=NC)[Si](Cl)(Cl)C(C=NC)[Si]1(Cl)Cl. The molecule has 0 bridgehead atoms. The summed E-state index contributed by atoms with van der Waals surface area (Å²) in [5.41, 5.74) is 0. The van der Waals surface area contributed by atoms with Gasteiger partial charge in [0.25, 0.3) is 20.1 Å². The van der Waals surface area contributed by atoms with E-state index in [9.17, 15) is 0 Å². The number of halogens is 6. The van der Waals surface area contributed by atoms with Crippen molar-refractivity contribution < 1.29 is 0 Å². The van der Waals surface area contributed by atoms with Crippen molar-refractivity contribution >= 4 is 105 Å². The Morgan fingerprint density at radius 2 is 0.762 bits per heavy atom. The largest absolute Gasteiger partial charge is 0.301 e. The van der Waals surface area contributed by atoms with Crippen LogP contribution in [0.1, 0.15) is 0 Å². The summed E-state index contributed by atoms with van der Waals surface area (Å²) in [6.07, 6.45) is 4.93. The van der Waals surface area contributed by atoms with Crippen molar-refractivity contribution in [2.75, 3.05) is 21.1 Å². The van der Waals surface area contributed by atoms with Crippen molar-refractivity contribution in [2.24, 2.45) is 15.0 Å². The fourth-order valence-corrected chi connectivity index (χ4v) is 43.2. The number of rotatable bonds is 3. The highest BCUT2D eigenvalue weighted by molar-refractivity contribution is 7.71. The van der Waals surface area contributed by atoms with Gasteiger partial charge in [-0.3, -0.25) is 0 Å². The first kappa shape index (κ1) is 20.4. The Bertz CT molecular complexity index is 383. The maximum atomic E-state index is 6.71. The van der Waals surface area contributed by atoms with E-state index in [1.54, 1.807) is 39.8 Å². The third-order valence-electron chi connectivity index (χ3n) is 3.38. The highest BCUT2D eigenvalue weighted by Gasteiger charge is 2.73. The van der Waals surface area contributed by atoms with Crippen LogP contribution in [0, 0.1) is 0 Å². The van der Waals surface area contributed by atoms with Gasteiger partial charge in [-0.1, -0.05) is 0 Å². The molecule has 0 spiro atoms. The molecule has 0 radical (unpaired) electrons. The van der Waals surface area contributed by atoms with Crippen LogP contribution in [-0.4, -0.2) is 59.9 Å². The third kappa shape index (κ3) is 3.74. The minimum atomic E-state index is -3.05. The zero-order valence-electron chi connectivity index (χ0n) is 11.6. The van der Waals surface area contributed by atoms with Gasteiger partial charge >= 0.3 is 0 Å². The lowest BCUT2D eigenvalue weighted by Crippen LogP contribution is -2.65. The Morgan fingerprint density at radius 1 is 0.571 bits per heavy atom. The van der Waals surface area contributed by atoms with E-state index < -0.39 is 35.6 Å². The molecule has 0 aromatic carbocycles. The molecule has 1 aliphatic heterocycles. The summed E-state index contributed by atoms with van der Waals surface area (Å²) in [4.78, 5) is 12.1. The Balaban J connectivity index is 3.57. The molecule has 0 amide bonds. The standard InChI is InChI=1S/C9H15Cl6N3Si3/c1-16-4-7-19(10,11)8(5-17-2)21(14,15)9(6-18-3)20(7,12)13/h4-9H,1-3H3. The zero-order valence-corrected chi connectivity index (χ0v) is 19.1. The van der Waals surface area contributed by atoms with Crippen LogP contribution in [0.2, 0.25) is 15.5 Å². The molecule has 21 heavy (non-hydrogen) atoms. The Labute approximate surface area is 156 Å². The Kier molecular flexibility index (Phi) is 7.33. The van der Waals surface area contributed by atoms with Crippen molar-refractivity contribution in [3.63, 3.8) is 0 Å². The third-order valence-corrected chi connectivity index (χ3v) is 32.5. The summed E-state index contributed by atoms with van der Waals surface area (Å²) >= 11 is 40.2. The van der Waals surface area contributed by atoms with E-state index in [1.807, 2.05) is 0 Å². The van der Waals surface area contributed by atoms with Crippen LogP contribution in [0.25, 0.3) is 0 Å². The molecular formula is C9H15Cl6N3Si3. The highest BCUT2D eigenvalue weighted by atomic mass is 35.7. The van der Waals surface area contributed by atoms with Gasteiger partial charge in [0.05, 0.1) is 0 Å². The lowest BCUT2D eigenvalue weighted by molar-refractivity contribution is 1.31. The molecule has 120 valence electrons. The maximum Gasteiger partial charge on any atom is 0.267 e. The molecule has 0 saturated carbocycles. The lowest BCUT2D eigenvalue weighted by atomic mass is 10.8. The molecule has 1 aliphatic rings. The van der Waals surface area contributed by atoms with E-state index in [0.717, 1.165) is 0 Å². The normalized spacial score (nSPS) is 35.0. The first-order valence-electron chi connectivity index (χ1n) is 5.98. The number of aliphatic imine (C=N–C) groups is 3. The average Bonchev–Trinajstić information content (AvgIpc) is 2.36. The second-order valence-corrected chi connectivity index (χ2v) is 27.2. The monoisotopic (exact) mass is 459 g/mol. The molecule has 3 nitrogen and oxygen atoms in total. The van der Waals surface area contributed by atoms with E-state index in [-0.39, 0.29) is 0 Å². The quantitative estimate of drug-likeness (QED) is 0.335. The lowest BCUT2D eigenvalue weighted by Gasteiger charge is -2.50. The van der Waals surface area contributed by atoms with Crippen molar-refractivity contribution in [1.82, 2.24) is 0 Å². The van der Waals surface area contributed by atoms with E-state index in [2.05, 4.69) is 15.0 Å². The summed E-state index contributed by atoms with van der Waals surface area (Å²) in [7, 11) is 4.88. The van der Waals surface area contributed by atoms with Crippen LogP contribution in [-0.2, 0) is 0 Å². The zero-order chi connectivity index (χ0) is 16.5. The Morgan fingerprint density at radius 3 is 0.905 bits per heavy atom. The topological polar surface area (TPSA) is 37.1 Å². The van der Waals surface area contributed by atoms with Gasteiger partial charge in [-0.05, 0) is 0 Å². The summed E-state index contributed by atoms with van der Waals surface area (Å²) < 4.78 is 0. The predicted octanol–water partition coefficient (Wildman–Crippen LogP) is 4.59. The van der Waals surface area contributed by atoms with Crippen LogP contribution >= 0.6 is 66.5 Å². The van der Waals surface area contributed by atoms with E-state index in [1.165, 1.54) is 0 Å². The molecule has 12 heteroatoms. The second kappa shape index (κ2) is 7.53. The molecule has 0 N–H and O–H groups in total. The molecule has 0 atom stereocenters. The minimum Gasteiger partial charge on any atom is -0.301 e. The minimum absolute atomic E-state index is 0.411. The van der Waals surface area contributed by atoms with Crippen LogP contribution in [0.15, 0.2) is 15.0 Å². The first-order chi connectivity index (χ1) is 9.58. The molecule has 0 aromatic rings. The van der Waals surface area contributed by atoms with Crippen LogP contribution in [0.4, 0.5) is 0 Å². The van der Waals surface area contributed by atoms with Gasteiger partial charge in [-0.15, -0.1) is 66.5 Å². The van der Waals surface area contributed by atoms with Crippen molar-refractivity contribution in [2.45, 2.75) is 15.5 Å². The summed E-state index contributed by atoms with van der Waals surface area (Å²) in [6.45, 7) is -9.16. The average molecular weight is 462 g/mol. The van der Waals surface area contributed by atoms with Crippen molar-refractivity contribution in [1.29, 1.82) is 0 Å². The Hall–Kier alpha value is 1.40. The van der Waals surface area contributed by atoms with Gasteiger partial charge in [0.15, 0.2) is 0 Å². The van der Waals surface area contributed by atoms with Gasteiger partial charge < -0.3 is 15.0 Å². The van der Waals surface area contributed by atoms with Gasteiger partial charge in [-0.2, -0.15) is 0 Å². The fourth-order valence-electron chi connectivity index (χ4n) is 2.39. The van der Waals surface area contributed by atoms with Gasteiger partial charge in [-0.25, -0.2) is 0 Å². The molecule has 1 saturated heterocycles. The van der Waals surface area contributed by atoms with E-state index in [0.29, 0.717) is 0 Å². The van der Waals surface area contributed by atoms with Gasteiger partial charge in [0, 0.05) is 55.3 Å². The molecule has 1 fully saturated rings. The molecular weight excluding hydrogens is 447 g/mol. The maximum absolute atomic E-state index is 6.71. The number of hydrogen-bond donors (Lipinski definition) is 0. The molecule has 0 aliphatic carbocycles. The fraction of sp³-hybridized carbons (Fsp3) is 0.667. The van der Waals surface area contributed by atoms with E-state index >= 15 is 0 Å². The molecule has 0 unspecified atom stereocenters. The molecule has 1 heterocycles. The van der Waals surface area contributed by atoms with Crippen molar-refractivity contribution in [3.8, 4) is 0 Å². The first-order valence-corrected chi connectivity index (χ1v) is 18.5. The van der Waals surface area contributed by atoms with Gasteiger partial charge in [0.2, 0.25) is 0 Å². The van der Waals surface area contributed by atoms with E-state index in [4.69, 9.17) is 66.5 Å². The highest BCUT2D eigenvalue weighted by Crippen LogP contribution is 2.63. The number of nitrogens with zero attached hydrogens (tertiary/aromatic N) is 3. The predicted molar refractivity (Wildman–Crippen MR) is 107 cm³/mol. The summed E-state index contributed by atoms with van der Waals surface area (Å²) in [5, 5.41) is -1.23. The van der Waals surface area contributed by atoms with Gasteiger partial charge in [0.1, 0.15) is 0 Å². The van der Waals surface area contributed by atoms with Crippen LogP contribution in [0.3, 0.4) is 0 Å². The van der Waals surface area contributed by atoms with Crippen LogP contribution in [0.5, 0.6) is 0 Å². The van der Waals surface area contributed by atoms with Crippen LogP contribution < -0.4 is 0 Å². The smallest absolute Gasteiger partial charge is 0.267 e. The second-order valence-electron chi connectivity index (χ2n) is 4.68. The molecule has 1 rings (SSSR count). The van der Waals surface area contributed by atoms with Crippen molar-refractivity contribution in [3.05, 3.63) is 0 Å². The summed E-state index contributed by atoms with van der Waals surface area (Å²) in [5.74, 6) is 0. The summed E-state index contributed by atoms with van der Waals surface area (Å²) in [6, 6.07) is 0. The molecule has 0 aromatic heterocycles. The number of hydrogen-bond acceptors (Lipinski definition) is 3.